The van der Waals surface area contributed by atoms with Gasteiger partial charge in [0.05, 0.1) is 18.6 Å². The third kappa shape index (κ3) is 7.55. The number of hydrogen-bond acceptors (Lipinski definition) is 7. The molecule has 0 radical (unpaired) electrons. The minimum atomic E-state index is -1.16. The van der Waals surface area contributed by atoms with E-state index in [0.29, 0.717) is 47.7 Å². The van der Waals surface area contributed by atoms with Crippen LogP contribution >= 0.6 is 11.3 Å². The van der Waals surface area contributed by atoms with Gasteiger partial charge in [-0.1, -0.05) is 46.0 Å². The van der Waals surface area contributed by atoms with Crippen molar-refractivity contribution in [2.24, 2.45) is 17.8 Å². The Morgan fingerprint density at radius 2 is 2.03 bits per heavy atom. The van der Waals surface area contributed by atoms with Crippen LogP contribution in [0.15, 0.2) is 11.6 Å². The summed E-state index contributed by atoms with van der Waals surface area (Å²) in [5, 5.41) is 27.7. The van der Waals surface area contributed by atoms with Crippen LogP contribution in [0.5, 0.6) is 0 Å². The molecule has 0 unspecified atom stereocenters. The Morgan fingerprint density at radius 1 is 1.32 bits per heavy atom. The highest BCUT2D eigenvalue weighted by Crippen LogP contribution is 2.34. The zero-order valence-corrected chi connectivity index (χ0v) is 19.0. The van der Waals surface area contributed by atoms with Gasteiger partial charge in [0.25, 0.3) is 5.91 Å². The lowest BCUT2D eigenvalue weighted by atomic mass is 9.76. The number of carbonyl (C=O) groups is 3. The first-order valence-electron chi connectivity index (χ1n) is 10.9. The maximum atomic E-state index is 13.2. The lowest BCUT2D eigenvalue weighted by Gasteiger charge is -2.35. The van der Waals surface area contributed by atoms with Crippen LogP contribution in [0.25, 0.3) is 0 Å². The van der Waals surface area contributed by atoms with Crippen molar-refractivity contribution in [1.82, 2.24) is 15.4 Å². The lowest BCUT2D eigenvalue weighted by molar-refractivity contribution is -0.170. The van der Waals surface area contributed by atoms with E-state index in [-0.39, 0.29) is 0 Å². The molecular weight excluding hydrogens is 420 g/mol. The first-order chi connectivity index (χ1) is 14.9. The van der Waals surface area contributed by atoms with Crippen molar-refractivity contribution >= 4 is 34.7 Å². The van der Waals surface area contributed by atoms with Gasteiger partial charge >= 0.3 is 0 Å². The van der Waals surface area contributed by atoms with Gasteiger partial charge < -0.3 is 15.7 Å². The number of hydroxylamine groups is 2. The Kier molecular flexibility index (Phi) is 10.4. The minimum Gasteiger partial charge on any atom is -0.394 e. The third-order valence-corrected chi connectivity index (χ3v) is 6.72. The normalized spacial score (nSPS) is 21.5. The second-order valence-electron chi connectivity index (χ2n) is 8.38. The van der Waals surface area contributed by atoms with E-state index in [1.807, 2.05) is 6.92 Å². The smallest absolute Gasteiger partial charge is 0.251 e. The first-order valence-corrected chi connectivity index (χ1v) is 11.8. The fourth-order valence-electron chi connectivity index (χ4n) is 4.21. The first kappa shape index (κ1) is 25.2. The van der Waals surface area contributed by atoms with Crippen LogP contribution < -0.4 is 10.6 Å². The van der Waals surface area contributed by atoms with Gasteiger partial charge in [0.2, 0.25) is 12.3 Å². The van der Waals surface area contributed by atoms with E-state index in [4.69, 9.17) is 0 Å². The van der Waals surface area contributed by atoms with Crippen molar-refractivity contribution < 1.29 is 24.7 Å². The topological polar surface area (TPSA) is 132 Å². The van der Waals surface area contributed by atoms with Gasteiger partial charge in [-0.3, -0.25) is 19.6 Å². The van der Waals surface area contributed by atoms with Gasteiger partial charge in [-0.15, -0.1) is 11.3 Å². The Hall–Kier alpha value is -2.04. The Balaban J connectivity index is 2.14. The van der Waals surface area contributed by atoms with Gasteiger partial charge in [0.1, 0.15) is 6.04 Å². The zero-order chi connectivity index (χ0) is 22.8. The maximum Gasteiger partial charge on any atom is 0.251 e. The van der Waals surface area contributed by atoms with Gasteiger partial charge in [0, 0.05) is 11.6 Å². The Labute approximate surface area is 187 Å². The molecule has 1 aliphatic carbocycles. The number of aliphatic hydroxyl groups is 1. The van der Waals surface area contributed by atoms with E-state index in [1.165, 1.54) is 11.3 Å². The van der Waals surface area contributed by atoms with Crippen molar-refractivity contribution in [3.05, 3.63) is 11.6 Å². The SMILES string of the molecule is CCC[C@@H]([C@@H](CC1CCC(C)CC1)C(=O)N[C@@H](CO)C(=O)Nc1nccs1)N(O)C=O. The molecule has 3 amide bonds. The Morgan fingerprint density at radius 3 is 2.58 bits per heavy atom. The molecule has 3 atom stereocenters. The van der Waals surface area contributed by atoms with Crippen molar-refractivity contribution in [3.8, 4) is 0 Å². The van der Waals surface area contributed by atoms with Gasteiger partial charge in [-0.05, 0) is 24.7 Å². The van der Waals surface area contributed by atoms with E-state index in [1.54, 1.807) is 11.6 Å². The molecule has 0 aromatic carbocycles. The number of amides is 3. The fourth-order valence-corrected chi connectivity index (χ4v) is 4.74. The summed E-state index contributed by atoms with van der Waals surface area (Å²) in [6.07, 6.45) is 7.66. The second-order valence-corrected chi connectivity index (χ2v) is 9.27. The highest BCUT2D eigenvalue weighted by atomic mass is 32.1. The average Bonchev–Trinajstić information content (AvgIpc) is 3.28. The molecule has 9 nitrogen and oxygen atoms in total. The molecule has 1 saturated carbocycles. The number of nitrogens with zero attached hydrogens (tertiary/aromatic N) is 2. The fraction of sp³-hybridized carbons (Fsp3) is 0.714. The zero-order valence-electron chi connectivity index (χ0n) is 18.2. The molecule has 0 aliphatic heterocycles. The number of hydrogen-bond donors (Lipinski definition) is 4. The molecule has 0 bridgehead atoms. The van der Waals surface area contributed by atoms with Crippen LogP contribution in [0.3, 0.4) is 0 Å². The largest absolute Gasteiger partial charge is 0.394 e. The summed E-state index contributed by atoms with van der Waals surface area (Å²) >= 11 is 1.23. The van der Waals surface area contributed by atoms with Crippen LogP contribution in [-0.4, -0.2) is 57.3 Å². The predicted molar refractivity (Wildman–Crippen MR) is 117 cm³/mol. The minimum absolute atomic E-state index is 0.308. The second kappa shape index (κ2) is 12.7. The molecular formula is C21H34N4O5S. The van der Waals surface area contributed by atoms with E-state index < -0.39 is 36.4 Å². The number of aromatic nitrogens is 1. The lowest BCUT2D eigenvalue weighted by Crippen LogP contribution is -2.52. The molecule has 2 rings (SSSR count). The summed E-state index contributed by atoms with van der Waals surface area (Å²) in [6, 6.07) is -1.85. The molecule has 4 N–H and O–H groups in total. The molecule has 1 aromatic rings. The quantitative estimate of drug-likeness (QED) is 0.218. The number of aliphatic hydroxyl groups excluding tert-OH is 1. The summed E-state index contributed by atoms with van der Waals surface area (Å²) in [6.45, 7) is 3.56. The molecule has 10 heteroatoms. The van der Waals surface area contributed by atoms with Crippen LogP contribution in [0, 0.1) is 17.8 Å². The van der Waals surface area contributed by atoms with Gasteiger partial charge in [-0.25, -0.2) is 10.0 Å². The highest BCUT2D eigenvalue weighted by molar-refractivity contribution is 7.13. The summed E-state index contributed by atoms with van der Waals surface area (Å²) in [5.41, 5.74) is 0. The standard InChI is InChI=1S/C21H34N4O5S/c1-3-4-18(25(30)13-27)16(11-15-7-5-14(2)6-8-15)19(28)23-17(12-26)20(29)24-21-22-9-10-31-21/h9-10,13-18,26,30H,3-8,11-12H2,1-2H3,(H,23,28)(H,22,24,29)/t14?,15?,16-,17+,18+/m1/s1. The van der Waals surface area contributed by atoms with Gasteiger partial charge in [-0.2, -0.15) is 0 Å². The molecule has 31 heavy (non-hydrogen) atoms. The summed E-state index contributed by atoms with van der Waals surface area (Å²) in [7, 11) is 0. The van der Waals surface area contributed by atoms with Gasteiger partial charge in [0.15, 0.2) is 5.13 Å². The number of nitrogens with one attached hydrogen (secondary N) is 2. The molecule has 1 aliphatic rings. The number of rotatable bonds is 12. The molecule has 0 spiro atoms. The van der Waals surface area contributed by atoms with Crippen LogP contribution in [0.4, 0.5) is 5.13 Å². The number of carbonyl (C=O) groups excluding carboxylic acids is 3. The number of anilines is 1. The molecule has 0 saturated heterocycles. The van der Waals surface area contributed by atoms with Crippen molar-refractivity contribution in [1.29, 1.82) is 0 Å². The monoisotopic (exact) mass is 454 g/mol. The van der Waals surface area contributed by atoms with E-state index in [2.05, 4.69) is 22.5 Å². The molecule has 1 aromatic heterocycles. The van der Waals surface area contributed by atoms with Crippen molar-refractivity contribution in [2.75, 3.05) is 11.9 Å². The average molecular weight is 455 g/mol. The van der Waals surface area contributed by atoms with Crippen LogP contribution in [0.1, 0.15) is 58.8 Å². The van der Waals surface area contributed by atoms with E-state index >= 15 is 0 Å². The van der Waals surface area contributed by atoms with E-state index in [0.717, 1.165) is 25.7 Å². The van der Waals surface area contributed by atoms with E-state index in [9.17, 15) is 24.7 Å². The summed E-state index contributed by atoms with van der Waals surface area (Å²) in [4.78, 5) is 41.0. The third-order valence-electron chi connectivity index (χ3n) is 6.03. The highest BCUT2D eigenvalue weighted by Gasteiger charge is 2.36. The maximum absolute atomic E-state index is 13.2. The van der Waals surface area contributed by atoms with Crippen LogP contribution in [0.2, 0.25) is 0 Å². The number of thiazole rings is 1. The Bertz CT molecular complexity index is 694. The van der Waals surface area contributed by atoms with Crippen LogP contribution in [-0.2, 0) is 14.4 Å². The van der Waals surface area contributed by atoms with Crippen molar-refractivity contribution in [3.63, 3.8) is 0 Å². The summed E-state index contributed by atoms with van der Waals surface area (Å²) < 4.78 is 0. The summed E-state index contributed by atoms with van der Waals surface area (Å²) in [5.74, 6) is -0.739. The molecule has 1 heterocycles. The van der Waals surface area contributed by atoms with Crippen molar-refractivity contribution in [2.45, 2.75) is 70.9 Å². The molecule has 1 fully saturated rings. The predicted octanol–water partition coefficient (Wildman–Crippen LogP) is 2.41. The molecule has 174 valence electrons.